The van der Waals surface area contributed by atoms with Crippen molar-refractivity contribution in [1.82, 2.24) is 10.3 Å². The highest BCUT2D eigenvalue weighted by Crippen LogP contribution is 2.27. The first-order chi connectivity index (χ1) is 9.55. The normalized spacial score (nSPS) is 12.6. The molecule has 1 amide bonds. The van der Waals surface area contributed by atoms with Gasteiger partial charge in [0.25, 0.3) is 5.91 Å². The zero-order chi connectivity index (χ0) is 16.4. The number of hydrogen-bond donors (Lipinski definition) is 2. The molecular formula is C12H14ClN3O5. The topological polar surface area (TPSA) is 122 Å². The van der Waals surface area contributed by atoms with Gasteiger partial charge in [-0.15, -0.1) is 0 Å². The van der Waals surface area contributed by atoms with Crippen molar-refractivity contribution in [3.63, 3.8) is 0 Å². The van der Waals surface area contributed by atoms with Crippen molar-refractivity contribution in [2.24, 2.45) is 5.41 Å². The molecule has 0 aliphatic rings. The highest BCUT2D eigenvalue weighted by molar-refractivity contribution is 6.32. The molecule has 0 saturated carbocycles. The van der Waals surface area contributed by atoms with Gasteiger partial charge in [0, 0.05) is 6.20 Å². The van der Waals surface area contributed by atoms with Crippen LogP contribution in [0.4, 0.5) is 5.69 Å². The van der Waals surface area contributed by atoms with Gasteiger partial charge in [-0.25, -0.2) is 9.78 Å². The van der Waals surface area contributed by atoms with Crippen molar-refractivity contribution in [3.8, 4) is 0 Å². The maximum atomic E-state index is 12.1. The summed E-state index contributed by atoms with van der Waals surface area (Å²) in [5.74, 6) is -2.13. The largest absolute Gasteiger partial charge is 0.480 e. The van der Waals surface area contributed by atoms with E-state index in [1.54, 1.807) is 20.8 Å². The minimum atomic E-state index is -1.24. The van der Waals surface area contributed by atoms with Gasteiger partial charge in [0.05, 0.1) is 4.92 Å². The monoisotopic (exact) mass is 315 g/mol. The molecule has 2 N–H and O–H groups in total. The van der Waals surface area contributed by atoms with E-state index in [4.69, 9.17) is 16.7 Å². The number of carboxylic acid groups (broad SMARTS) is 1. The first-order valence-electron chi connectivity index (χ1n) is 5.88. The van der Waals surface area contributed by atoms with Gasteiger partial charge >= 0.3 is 11.7 Å². The molecule has 0 aromatic carbocycles. The van der Waals surface area contributed by atoms with Crippen molar-refractivity contribution in [2.45, 2.75) is 26.8 Å². The Kier molecular flexibility index (Phi) is 4.84. The second-order valence-corrected chi connectivity index (χ2v) is 5.72. The van der Waals surface area contributed by atoms with E-state index in [0.29, 0.717) is 0 Å². The fourth-order valence-corrected chi connectivity index (χ4v) is 1.87. The molecule has 1 unspecified atom stereocenters. The van der Waals surface area contributed by atoms with E-state index in [0.717, 1.165) is 12.3 Å². The van der Waals surface area contributed by atoms with Gasteiger partial charge in [0.1, 0.15) is 11.6 Å². The second kappa shape index (κ2) is 6.04. The zero-order valence-electron chi connectivity index (χ0n) is 11.6. The third-order valence-electron chi connectivity index (χ3n) is 2.70. The molecule has 9 heteroatoms. The van der Waals surface area contributed by atoms with Crippen molar-refractivity contribution < 1.29 is 19.6 Å². The number of carbonyl (C=O) groups excluding carboxylic acids is 1. The summed E-state index contributed by atoms with van der Waals surface area (Å²) in [6.45, 7) is 4.88. The van der Waals surface area contributed by atoms with Gasteiger partial charge < -0.3 is 10.4 Å². The van der Waals surface area contributed by atoms with Crippen LogP contribution in [0.25, 0.3) is 0 Å². The standard InChI is InChI=1S/C12H14ClN3O5/c1-12(2,3)8(11(18)19)15-10(17)6-4-5-14-9(13)7(6)16(20)21/h4-5,8H,1-3H3,(H,15,17)(H,18,19). The Morgan fingerprint density at radius 3 is 2.48 bits per heavy atom. The number of nitro groups is 1. The third kappa shape index (κ3) is 3.88. The van der Waals surface area contributed by atoms with Gasteiger partial charge in [-0.1, -0.05) is 32.4 Å². The van der Waals surface area contributed by atoms with Crippen molar-refractivity contribution >= 4 is 29.2 Å². The molecule has 1 aromatic rings. The van der Waals surface area contributed by atoms with Crippen LogP contribution in [-0.2, 0) is 4.79 Å². The lowest BCUT2D eigenvalue weighted by Gasteiger charge is -2.27. The number of aliphatic carboxylic acids is 1. The molecule has 0 radical (unpaired) electrons. The number of hydrogen-bond acceptors (Lipinski definition) is 5. The number of aromatic nitrogens is 1. The summed E-state index contributed by atoms with van der Waals surface area (Å²) < 4.78 is 0. The average molecular weight is 316 g/mol. The van der Waals surface area contributed by atoms with Crippen LogP contribution in [0.5, 0.6) is 0 Å². The fraction of sp³-hybridized carbons (Fsp3) is 0.417. The van der Waals surface area contributed by atoms with Crippen LogP contribution < -0.4 is 5.32 Å². The summed E-state index contributed by atoms with van der Waals surface area (Å²) in [5, 5.41) is 21.9. The van der Waals surface area contributed by atoms with Crippen LogP contribution in [0.1, 0.15) is 31.1 Å². The molecule has 1 atom stereocenters. The number of halogens is 1. The average Bonchev–Trinajstić information content (AvgIpc) is 2.32. The lowest BCUT2D eigenvalue weighted by molar-refractivity contribution is -0.385. The number of amides is 1. The van der Waals surface area contributed by atoms with E-state index in [-0.39, 0.29) is 5.56 Å². The minimum Gasteiger partial charge on any atom is -0.480 e. The number of carboxylic acids is 1. The van der Waals surface area contributed by atoms with Crippen LogP contribution in [0, 0.1) is 15.5 Å². The van der Waals surface area contributed by atoms with Crippen molar-refractivity contribution in [3.05, 3.63) is 33.1 Å². The van der Waals surface area contributed by atoms with E-state index in [1.807, 2.05) is 0 Å². The second-order valence-electron chi connectivity index (χ2n) is 5.37. The van der Waals surface area contributed by atoms with Gasteiger partial charge in [-0.2, -0.15) is 0 Å². The number of nitrogens with zero attached hydrogens (tertiary/aromatic N) is 2. The molecule has 0 saturated heterocycles. The highest BCUT2D eigenvalue weighted by Gasteiger charge is 2.34. The summed E-state index contributed by atoms with van der Waals surface area (Å²) in [5.41, 5.74) is -1.77. The van der Waals surface area contributed by atoms with Gasteiger partial charge in [0.2, 0.25) is 5.15 Å². The number of nitrogens with one attached hydrogen (secondary N) is 1. The Hall–Kier alpha value is -2.22. The molecule has 0 bridgehead atoms. The zero-order valence-corrected chi connectivity index (χ0v) is 12.3. The Labute approximate surface area is 125 Å². The summed E-state index contributed by atoms with van der Waals surface area (Å²) >= 11 is 5.61. The molecule has 1 aromatic heterocycles. The molecule has 8 nitrogen and oxygen atoms in total. The predicted molar refractivity (Wildman–Crippen MR) is 74.2 cm³/mol. The Bertz CT molecular complexity index is 597. The number of rotatable bonds is 4. The summed E-state index contributed by atoms with van der Waals surface area (Å²) in [6.07, 6.45) is 1.14. The molecule has 0 fully saturated rings. The summed E-state index contributed by atoms with van der Waals surface area (Å²) in [6, 6.07) is -0.0995. The van der Waals surface area contributed by atoms with Gasteiger partial charge in [-0.05, 0) is 11.5 Å². The number of carbonyl (C=O) groups is 2. The lowest BCUT2D eigenvalue weighted by atomic mass is 9.86. The van der Waals surface area contributed by atoms with E-state index >= 15 is 0 Å². The maximum absolute atomic E-state index is 12.1. The minimum absolute atomic E-state index is 0.337. The van der Waals surface area contributed by atoms with Crippen molar-refractivity contribution in [2.75, 3.05) is 0 Å². The predicted octanol–water partition coefficient (Wildman–Crippen LogP) is 1.87. The van der Waals surface area contributed by atoms with Gasteiger partial charge in [-0.3, -0.25) is 14.9 Å². The molecule has 1 heterocycles. The van der Waals surface area contributed by atoms with E-state index < -0.39 is 39.1 Å². The van der Waals surface area contributed by atoms with Crippen LogP contribution in [0.2, 0.25) is 5.15 Å². The SMILES string of the molecule is CC(C)(C)C(NC(=O)c1ccnc(Cl)c1[N+](=O)[O-])C(=O)O. The first kappa shape index (κ1) is 16.8. The summed E-state index contributed by atoms with van der Waals surface area (Å²) in [4.78, 5) is 37.0. The van der Waals surface area contributed by atoms with Crippen LogP contribution in [-0.4, -0.2) is 32.9 Å². The lowest BCUT2D eigenvalue weighted by Crippen LogP contribution is -2.49. The smallest absolute Gasteiger partial charge is 0.326 e. The fourth-order valence-electron chi connectivity index (χ4n) is 1.64. The van der Waals surface area contributed by atoms with E-state index in [2.05, 4.69) is 10.3 Å². The molecular weight excluding hydrogens is 302 g/mol. The van der Waals surface area contributed by atoms with Gasteiger partial charge in [0.15, 0.2) is 0 Å². The van der Waals surface area contributed by atoms with Crippen LogP contribution >= 0.6 is 11.6 Å². The maximum Gasteiger partial charge on any atom is 0.326 e. The molecule has 1 rings (SSSR count). The van der Waals surface area contributed by atoms with E-state index in [9.17, 15) is 19.7 Å². The first-order valence-corrected chi connectivity index (χ1v) is 6.26. The van der Waals surface area contributed by atoms with E-state index in [1.165, 1.54) is 0 Å². The quantitative estimate of drug-likeness (QED) is 0.497. The van der Waals surface area contributed by atoms with Crippen LogP contribution in [0.3, 0.4) is 0 Å². The molecule has 0 spiro atoms. The Balaban J connectivity index is 3.19. The molecule has 114 valence electrons. The van der Waals surface area contributed by atoms with Crippen molar-refractivity contribution in [1.29, 1.82) is 0 Å². The molecule has 21 heavy (non-hydrogen) atoms. The Morgan fingerprint density at radius 2 is 2.05 bits per heavy atom. The third-order valence-corrected chi connectivity index (χ3v) is 2.97. The Morgan fingerprint density at radius 1 is 1.48 bits per heavy atom. The highest BCUT2D eigenvalue weighted by atomic mass is 35.5. The van der Waals surface area contributed by atoms with Crippen LogP contribution in [0.15, 0.2) is 12.3 Å². The number of pyridine rings is 1. The molecule has 0 aliphatic heterocycles. The summed E-state index contributed by atoms with van der Waals surface area (Å²) in [7, 11) is 0. The molecule has 0 aliphatic carbocycles.